The zero-order valence-corrected chi connectivity index (χ0v) is 16.5. The monoisotopic (exact) mass is 418 g/mol. The number of carbonyl (C=O) groups is 1. The second kappa shape index (κ2) is 8.86. The summed E-state index contributed by atoms with van der Waals surface area (Å²) in [4.78, 5) is 12.6. The van der Waals surface area contributed by atoms with Gasteiger partial charge < -0.3 is 10.5 Å². The number of hydrogen-bond acceptors (Lipinski definition) is 9. The van der Waals surface area contributed by atoms with E-state index in [4.69, 9.17) is 10.5 Å². The van der Waals surface area contributed by atoms with E-state index in [1.807, 2.05) is 54.6 Å². The first-order chi connectivity index (χ1) is 15.1. The summed E-state index contributed by atoms with van der Waals surface area (Å²) in [6.07, 6.45) is 1.51. The molecule has 0 aliphatic heterocycles. The minimum atomic E-state index is -0.538. The zero-order valence-electron chi connectivity index (χ0n) is 16.5. The summed E-state index contributed by atoms with van der Waals surface area (Å²) >= 11 is 0. The Morgan fingerprint density at radius 1 is 1.19 bits per heavy atom. The molecule has 0 spiro atoms. The van der Waals surface area contributed by atoms with E-state index in [0.29, 0.717) is 12.3 Å². The van der Waals surface area contributed by atoms with Gasteiger partial charge in [0, 0.05) is 0 Å². The molecule has 0 aliphatic carbocycles. The molecular weight excluding hydrogens is 400 g/mol. The highest BCUT2D eigenvalue weighted by molar-refractivity contribution is 5.94. The highest BCUT2D eigenvalue weighted by Gasteiger charge is 2.22. The van der Waals surface area contributed by atoms with Crippen molar-refractivity contribution in [3.63, 3.8) is 0 Å². The third kappa shape index (κ3) is 4.56. The second-order valence-electron chi connectivity index (χ2n) is 6.45. The van der Waals surface area contributed by atoms with Gasteiger partial charge in [-0.1, -0.05) is 35.5 Å². The van der Waals surface area contributed by atoms with Gasteiger partial charge in [0.1, 0.15) is 12.4 Å². The molecular formula is C20H18N8O3. The number of aryl methyl sites for hydroxylation is 1. The van der Waals surface area contributed by atoms with Crippen LogP contribution in [-0.2, 0) is 6.61 Å². The van der Waals surface area contributed by atoms with Crippen LogP contribution in [0.25, 0.3) is 5.82 Å². The van der Waals surface area contributed by atoms with Crippen LogP contribution in [0.2, 0.25) is 0 Å². The normalized spacial score (nSPS) is 11.0. The predicted molar refractivity (Wildman–Crippen MR) is 111 cm³/mol. The van der Waals surface area contributed by atoms with Gasteiger partial charge in [0.25, 0.3) is 5.91 Å². The van der Waals surface area contributed by atoms with Crippen molar-refractivity contribution in [2.45, 2.75) is 13.5 Å². The van der Waals surface area contributed by atoms with Crippen LogP contribution >= 0.6 is 0 Å². The van der Waals surface area contributed by atoms with E-state index in [-0.39, 0.29) is 17.3 Å². The molecule has 0 radical (unpaired) electrons. The van der Waals surface area contributed by atoms with E-state index >= 15 is 0 Å². The van der Waals surface area contributed by atoms with Gasteiger partial charge in [-0.2, -0.15) is 9.78 Å². The maximum atomic E-state index is 12.6. The Morgan fingerprint density at radius 2 is 1.97 bits per heavy atom. The number of ether oxygens (including phenoxy) is 1. The summed E-state index contributed by atoms with van der Waals surface area (Å²) in [5, 5.41) is 18.8. The molecule has 2 aromatic heterocycles. The number of hydrazone groups is 1. The number of amides is 1. The van der Waals surface area contributed by atoms with Gasteiger partial charge in [-0.3, -0.25) is 4.79 Å². The van der Waals surface area contributed by atoms with Gasteiger partial charge in [0.05, 0.1) is 11.9 Å². The highest BCUT2D eigenvalue weighted by atomic mass is 16.6. The van der Waals surface area contributed by atoms with Crippen LogP contribution < -0.4 is 15.9 Å². The number of anilines is 1. The molecule has 2 aromatic carbocycles. The third-order valence-electron chi connectivity index (χ3n) is 4.26. The molecule has 0 saturated carbocycles. The Hall–Kier alpha value is -4.54. The Kier molecular flexibility index (Phi) is 5.65. The van der Waals surface area contributed by atoms with E-state index in [2.05, 4.69) is 35.8 Å². The van der Waals surface area contributed by atoms with Crippen molar-refractivity contribution in [3.05, 3.63) is 77.1 Å². The van der Waals surface area contributed by atoms with Crippen LogP contribution in [0.3, 0.4) is 0 Å². The Morgan fingerprint density at radius 3 is 2.68 bits per heavy atom. The van der Waals surface area contributed by atoms with E-state index in [9.17, 15) is 4.79 Å². The van der Waals surface area contributed by atoms with Crippen LogP contribution in [0.5, 0.6) is 5.75 Å². The van der Waals surface area contributed by atoms with Crippen LogP contribution in [0.1, 0.15) is 27.3 Å². The van der Waals surface area contributed by atoms with Gasteiger partial charge in [-0.05, 0) is 52.6 Å². The average Bonchev–Trinajstić information content (AvgIpc) is 3.38. The molecule has 31 heavy (non-hydrogen) atoms. The molecule has 4 rings (SSSR count). The molecule has 11 nitrogen and oxygen atoms in total. The van der Waals surface area contributed by atoms with Gasteiger partial charge in [0.2, 0.25) is 11.6 Å². The lowest BCUT2D eigenvalue weighted by Crippen LogP contribution is -2.22. The summed E-state index contributed by atoms with van der Waals surface area (Å²) in [6, 6.07) is 17.2. The fraction of sp³-hybridized carbons (Fsp3) is 0.100. The number of rotatable bonds is 7. The quantitative estimate of drug-likeness (QED) is 0.342. The molecule has 2 heterocycles. The predicted octanol–water partition coefficient (Wildman–Crippen LogP) is 1.88. The molecule has 4 aromatic rings. The van der Waals surface area contributed by atoms with Crippen molar-refractivity contribution in [1.29, 1.82) is 0 Å². The third-order valence-corrected chi connectivity index (χ3v) is 4.26. The number of nitrogens with one attached hydrogen (secondary N) is 1. The van der Waals surface area contributed by atoms with Crippen LogP contribution in [-0.4, -0.2) is 37.4 Å². The highest BCUT2D eigenvalue weighted by Crippen LogP contribution is 2.15. The molecule has 3 N–H and O–H groups in total. The fourth-order valence-corrected chi connectivity index (χ4v) is 2.71. The Balaban J connectivity index is 1.37. The average molecular weight is 418 g/mol. The minimum Gasteiger partial charge on any atom is -0.489 e. The molecule has 0 fully saturated rings. The van der Waals surface area contributed by atoms with Crippen molar-refractivity contribution in [2.24, 2.45) is 5.10 Å². The molecule has 1 amide bonds. The Labute approximate surface area is 176 Å². The van der Waals surface area contributed by atoms with Crippen molar-refractivity contribution in [2.75, 3.05) is 5.73 Å². The largest absolute Gasteiger partial charge is 0.489 e. The second-order valence-corrected chi connectivity index (χ2v) is 6.45. The SMILES string of the molecule is Cc1nnn(-c2nonc2N)c1C(=O)N/N=C/c1ccc(OCc2ccccc2)cc1. The molecule has 156 valence electrons. The van der Waals surface area contributed by atoms with Gasteiger partial charge in [0.15, 0.2) is 5.69 Å². The number of nitrogens with two attached hydrogens (primary N) is 1. The molecule has 0 bridgehead atoms. The van der Waals surface area contributed by atoms with E-state index in [1.165, 1.54) is 6.21 Å². The lowest BCUT2D eigenvalue weighted by atomic mass is 10.2. The van der Waals surface area contributed by atoms with E-state index in [1.54, 1.807) is 6.92 Å². The summed E-state index contributed by atoms with van der Waals surface area (Å²) in [6.45, 7) is 2.11. The zero-order chi connectivity index (χ0) is 21.6. The van der Waals surface area contributed by atoms with Gasteiger partial charge >= 0.3 is 0 Å². The Bertz CT molecular complexity index is 1200. The lowest BCUT2D eigenvalue weighted by Gasteiger charge is -2.06. The van der Waals surface area contributed by atoms with Crippen LogP contribution in [0.4, 0.5) is 5.82 Å². The first-order valence-corrected chi connectivity index (χ1v) is 9.22. The van der Waals surface area contributed by atoms with Crippen molar-refractivity contribution in [1.82, 2.24) is 30.7 Å². The first-order valence-electron chi connectivity index (χ1n) is 9.22. The number of aromatic nitrogens is 5. The van der Waals surface area contributed by atoms with E-state index in [0.717, 1.165) is 21.6 Å². The molecule has 0 unspecified atom stereocenters. The molecule has 0 saturated heterocycles. The number of carbonyl (C=O) groups excluding carboxylic acids is 1. The van der Waals surface area contributed by atoms with Crippen molar-refractivity contribution in [3.8, 4) is 11.6 Å². The fourth-order valence-electron chi connectivity index (χ4n) is 2.71. The van der Waals surface area contributed by atoms with Crippen LogP contribution in [0, 0.1) is 6.92 Å². The summed E-state index contributed by atoms with van der Waals surface area (Å²) in [5.41, 5.74) is 10.5. The number of benzene rings is 2. The lowest BCUT2D eigenvalue weighted by molar-refractivity contribution is 0.0946. The first kappa shape index (κ1) is 19.8. The minimum absolute atomic E-state index is 0.0166. The molecule has 11 heteroatoms. The number of nitrogen functional groups attached to an aromatic ring is 1. The van der Waals surface area contributed by atoms with Gasteiger partial charge in [-0.25, -0.2) is 10.1 Å². The maximum absolute atomic E-state index is 12.6. The van der Waals surface area contributed by atoms with Crippen molar-refractivity contribution >= 4 is 17.9 Å². The summed E-state index contributed by atoms with van der Waals surface area (Å²) in [7, 11) is 0. The molecule has 0 aliphatic rings. The topological polar surface area (TPSA) is 146 Å². The van der Waals surface area contributed by atoms with Gasteiger partial charge in [-0.15, -0.1) is 5.10 Å². The molecule has 0 atom stereocenters. The summed E-state index contributed by atoms with van der Waals surface area (Å²) < 4.78 is 11.4. The number of hydrogen-bond donors (Lipinski definition) is 2. The standard InChI is InChI=1S/C20H18N8O3/c1-13-17(28(27-23-13)19-18(21)25-31-26-19)20(29)24-22-11-14-7-9-16(10-8-14)30-12-15-5-3-2-4-6-15/h2-11H,12H2,1H3,(H2,21,25)(H,24,29)/b22-11+. The van der Waals surface area contributed by atoms with E-state index < -0.39 is 5.91 Å². The van der Waals surface area contributed by atoms with Crippen LogP contribution in [0.15, 0.2) is 64.3 Å². The summed E-state index contributed by atoms with van der Waals surface area (Å²) in [5.74, 6) is 0.247. The smallest absolute Gasteiger partial charge is 0.292 e. The van der Waals surface area contributed by atoms with Crippen molar-refractivity contribution < 1.29 is 14.2 Å². The number of nitrogens with zero attached hydrogens (tertiary/aromatic N) is 6. The maximum Gasteiger partial charge on any atom is 0.292 e.